The predicted molar refractivity (Wildman–Crippen MR) is 192 cm³/mol. The highest BCUT2D eigenvalue weighted by Crippen LogP contribution is 2.50. The second-order valence-corrected chi connectivity index (χ2v) is 14.4. The van der Waals surface area contributed by atoms with Crippen LogP contribution in [0, 0.1) is 5.41 Å². The molecule has 1 aliphatic carbocycles. The lowest BCUT2D eigenvalue weighted by Gasteiger charge is -2.23. The van der Waals surface area contributed by atoms with Gasteiger partial charge in [-0.1, -0.05) is 25.1 Å². The number of carbonyl (C=O) groups is 1. The van der Waals surface area contributed by atoms with Crippen molar-refractivity contribution < 1.29 is 32.2 Å². The van der Waals surface area contributed by atoms with Crippen LogP contribution in [0.15, 0.2) is 42.5 Å². The molecule has 13 heteroatoms. The van der Waals surface area contributed by atoms with Crippen molar-refractivity contribution in [2.45, 2.75) is 83.9 Å². The van der Waals surface area contributed by atoms with Crippen LogP contribution in [0.25, 0.3) is 0 Å². The molecule has 3 aliphatic heterocycles. The van der Waals surface area contributed by atoms with Crippen molar-refractivity contribution in [1.82, 2.24) is 24.8 Å². The smallest absolute Gasteiger partial charge is 0.422 e. The molecule has 10 nitrogen and oxygen atoms in total. The van der Waals surface area contributed by atoms with Crippen molar-refractivity contribution in [1.29, 1.82) is 0 Å². The molecule has 4 heterocycles. The van der Waals surface area contributed by atoms with Crippen molar-refractivity contribution >= 4 is 11.7 Å². The van der Waals surface area contributed by atoms with Crippen molar-refractivity contribution in [3.63, 3.8) is 0 Å². The maximum absolute atomic E-state index is 13.8. The van der Waals surface area contributed by atoms with Crippen LogP contribution < -0.4 is 19.5 Å². The lowest BCUT2D eigenvalue weighted by atomic mass is 9.94. The van der Waals surface area contributed by atoms with Gasteiger partial charge in [-0.3, -0.25) is 4.79 Å². The number of ether oxygens (including phenoxy) is 3. The van der Waals surface area contributed by atoms with Crippen LogP contribution in [0.5, 0.6) is 17.5 Å². The van der Waals surface area contributed by atoms with Crippen LogP contribution in [-0.2, 0) is 13.0 Å². The molecule has 7 rings (SSSR count). The number of alkyl halides is 3. The fourth-order valence-electron chi connectivity index (χ4n) is 7.05. The number of rotatable bonds is 10. The van der Waals surface area contributed by atoms with Gasteiger partial charge in [0.15, 0.2) is 12.4 Å². The van der Waals surface area contributed by atoms with Gasteiger partial charge in [0, 0.05) is 39.0 Å². The zero-order chi connectivity index (χ0) is 36.4. The van der Waals surface area contributed by atoms with E-state index in [-0.39, 0.29) is 29.4 Å². The number of nitrogens with zero attached hydrogens (tertiary/aromatic N) is 5. The molecule has 6 bridgehead atoms. The van der Waals surface area contributed by atoms with Gasteiger partial charge < -0.3 is 29.3 Å². The Bertz CT molecular complexity index is 1610. The van der Waals surface area contributed by atoms with E-state index in [9.17, 15) is 18.0 Å². The van der Waals surface area contributed by atoms with Crippen LogP contribution >= 0.6 is 0 Å². The SMILES string of the molecule is CCCN1CCCOc2ccc(cc2)CNc2nc(nc(OCC(F)(F)F)n2)Cc2ccc(C(=O)CCC3(CN4CCCC4)CC3)c(c2)OCCC1. The van der Waals surface area contributed by atoms with Gasteiger partial charge in [0.25, 0.3) is 0 Å². The van der Waals surface area contributed by atoms with Gasteiger partial charge >= 0.3 is 12.2 Å². The number of hydrogen-bond donors (Lipinski definition) is 1. The molecular weight excluding hydrogens is 673 g/mol. The van der Waals surface area contributed by atoms with E-state index in [0.717, 1.165) is 81.8 Å². The van der Waals surface area contributed by atoms with E-state index in [4.69, 9.17) is 14.2 Å². The van der Waals surface area contributed by atoms with E-state index in [1.165, 1.54) is 25.7 Å². The summed E-state index contributed by atoms with van der Waals surface area (Å²) in [4.78, 5) is 31.6. The van der Waals surface area contributed by atoms with Crippen LogP contribution in [0.2, 0.25) is 0 Å². The number of Topliss-reactive ketones (excluding diaryl/α,β-unsaturated/α-hetero) is 1. The molecule has 0 radical (unpaired) electrons. The number of aromatic nitrogens is 3. The summed E-state index contributed by atoms with van der Waals surface area (Å²) in [7, 11) is 0. The number of benzene rings is 2. The van der Waals surface area contributed by atoms with E-state index >= 15 is 0 Å². The topological polar surface area (TPSA) is 102 Å². The third-order valence-electron chi connectivity index (χ3n) is 10.0. The van der Waals surface area contributed by atoms with E-state index in [2.05, 4.69) is 37.0 Å². The maximum atomic E-state index is 13.8. The monoisotopic (exact) mass is 724 g/mol. The first-order valence-corrected chi connectivity index (χ1v) is 18.8. The summed E-state index contributed by atoms with van der Waals surface area (Å²) in [5.74, 6) is 1.64. The van der Waals surface area contributed by atoms with Gasteiger partial charge in [0.05, 0.1) is 18.8 Å². The molecule has 0 unspecified atom stereocenters. The Hall–Kier alpha value is -3.97. The van der Waals surface area contributed by atoms with E-state index in [1.54, 1.807) is 6.07 Å². The average Bonchev–Trinajstić information content (AvgIpc) is 3.70. The number of hydrogen-bond acceptors (Lipinski definition) is 10. The second kappa shape index (κ2) is 17.7. The zero-order valence-corrected chi connectivity index (χ0v) is 30.2. The van der Waals surface area contributed by atoms with Crippen molar-refractivity contribution in [2.75, 3.05) is 64.4 Å². The van der Waals surface area contributed by atoms with Gasteiger partial charge in [-0.05, 0) is 112 Å². The Balaban J connectivity index is 1.23. The summed E-state index contributed by atoms with van der Waals surface area (Å²) >= 11 is 0. The number of carbonyl (C=O) groups excluding carboxylic acids is 1. The molecule has 282 valence electrons. The minimum atomic E-state index is -4.56. The summed E-state index contributed by atoms with van der Waals surface area (Å²) in [5, 5.41) is 3.10. The Morgan fingerprint density at radius 3 is 2.33 bits per heavy atom. The molecule has 52 heavy (non-hydrogen) atoms. The molecule has 2 fully saturated rings. The Morgan fingerprint density at radius 1 is 0.904 bits per heavy atom. The van der Waals surface area contributed by atoms with Crippen LogP contribution in [0.4, 0.5) is 19.1 Å². The Labute approximate surface area is 304 Å². The van der Waals surface area contributed by atoms with E-state index in [0.29, 0.717) is 37.5 Å². The maximum Gasteiger partial charge on any atom is 0.422 e. The Morgan fingerprint density at radius 2 is 1.62 bits per heavy atom. The molecule has 2 aromatic carbocycles. The molecule has 3 aromatic rings. The van der Waals surface area contributed by atoms with Crippen molar-refractivity contribution in [2.24, 2.45) is 5.41 Å². The second-order valence-electron chi connectivity index (χ2n) is 14.4. The van der Waals surface area contributed by atoms with Gasteiger partial charge in [0.2, 0.25) is 5.95 Å². The number of fused-ring (bicyclic) bond motifs is 11. The first kappa shape index (κ1) is 37.8. The van der Waals surface area contributed by atoms with Gasteiger partial charge in [-0.15, -0.1) is 0 Å². The number of ketones is 1. The quantitative estimate of drug-likeness (QED) is 0.218. The lowest BCUT2D eigenvalue weighted by Crippen LogP contribution is -2.29. The molecule has 1 aromatic heterocycles. The van der Waals surface area contributed by atoms with Gasteiger partial charge in [0.1, 0.15) is 17.3 Å². The molecule has 0 amide bonds. The molecule has 1 saturated carbocycles. The van der Waals surface area contributed by atoms with E-state index < -0.39 is 18.8 Å². The van der Waals surface area contributed by atoms with Crippen molar-refractivity contribution in [3.05, 3.63) is 65.0 Å². The van der Waals surface area contributed by atoms with Crippen molar-refractivity contribution in [3.8, 4) is 17.5 Å². The largest absolute Gasteiger partial charge is 0.494 e. The highest BCUT2D eigenvalue weighted by molar-refractivity contribution is 5.98. The zero-order valence-electron chi connectivity index (χ0n) is 30.2. The molecule has 0 spiro atoms. The lowest BCUT2D eigenvalue weighted by molar-refractivity contribution is -0.154. The third kappa shape index (κ3) is 11.5. The summed E-state index contributed by atoms with van der Waals surface area (Å²) in [6, 6.07) is 12.7. The third-order valence-corrected chi connectivity index (χ3v) is 10.0. The standard InChI is InChI=1S/C39H51F3N6O4/c1-2-17-47-20-5-22-50-31-10-7-29(8-11-31)26-43-36-44-35(45-37(46-36)52-28-39(40,41)42)25-30-9-12-32(34(24-30)51-23-6-21-47)33(49)13-14-38(15-16-38)27-48-18-3-4-19-48/h7-12,24H,2-6,13-23,25-28H2,1H3,(H,43,44,45,46). The average molecular weight is 725 g/mol. The number of likely N-dealkylation sites (tertiary alicyclic amines) is 1. The molecular formula is C39H51F3N6O4. The first-order chi connectivity index (χ1) is 25.1. The normalized spacial score (nSPS) is 18.7. The summed E-state index contributed by atoms with van der Waals surface area (Å²) < 4.78 is 56.5. The summed E-state index contributed by atoms with van der Waals surface area (Å²) in [5.41, 5.74) is 2.46. The van der Waals surface area contributed by atoms with Gasteiger partial charge in [-0.25, -0.2) is 0 Å². The predicted octanol–water partition coefficient (Wildman–Crippen LogP) is 7.12. The van der Waals surface area contributed by atoms with Crippen LogP contribution in [0.3, 0.4) is 0 Å². The van der Waals surface area contributed by atoms with Gasteiger partial charge in [-0.2, -0.15) is 28.1 Å². The first-order valence-electron chi connectivity index (χ1n) is 18.8. The molecule has 0 atom stereocenters. The minimum absolute atomic E-state index is 0.0607. The van der Waals surface area contributed by atoms with Crippen LogP contribution in [-0.4, -0.2) is 95.8 Å². The summed E-state index contributed by atoms with van der Waals surface area (Å²) in [6.07, 6.45) is 4.48. The highest BCUT2D eigenvalue weighted by Gasteiger charge is 2.44. The van der Waals surface area contributed by atoms with Crippen LogP contribution in [0.1, 0.15) is 92.0 Å². The van der Waals surface area contributed by atoms with E-state index in [1.807, 2.05) is 36.4 Å². The number of halogens is 3. The molecule has 1 N–H and O–H groups in total. The fourth-order valence-corrected chi connectivity index (χ4v) is 7.05. The number of anilines is 1. The molecule has 1 saturated heterocycles. The number of nitrogens with one attached hydrogen (secondary N) is 1. The minimum Gasteiger partial charge on any atom is -0.494 e. The highest BCUT2D eigenvalue weighted by atomic mass is 19.4. The fraction of sp³-hybridized carbons (Fsp3) is 0.590. The molecule has 4 aliphatic rings. The Kier molecular flexibility index (Phi) is 12.9. The summed E-state index contributed by atoms with van der Waals surface area (Å²) in [6.45, 7) is 8.11.